The smallest absolute Gasteiger partial charge is 0.224 e. The highest BCUT2D eigenvalue weighted by atomic mass is 16.2. The number of hydrogen-bond acceptors (Lipinski definition) is 2. The molecule has 0 spiro atoms. The summed E-state index contributed by atoms with van der Waals surface area (Å²) in [5.41, 5.74) is 2.47. The van der Waals surface area contributed by atoms with Crippen molar-refractivity contribution in [2.45, 2.75) is 38.3 Å². The largest absolute Gasteiger partial charge is 0.338 e. The quantitative estimate of drug-likeness (QED) is 0.847. The maximum atomic E-state index is 12.8. The highest BCUT2D eigenvalue weighted by Gasteiger charge is 2.21. The summed E-state index contributed by atoms with van der Waals surface area (Å²) in [4.78, 5) is 14.8. The minimum atomic E-state index is 0.259. The fourth-order valence-corrected chi connectivity index (χ4v) is 3.28. The molecule has 2 aromatic carbocycles. The van der Waals surface area contributed by atoms with Crippen molar-refractivity contribution in [3.63, 3.8) is 0 Å². The highest BCUT2D eigenvalue weighted by Crippen LogP contribution is 2.14. The molecular formula is C21H26N2O. The standard InChI is InChI=1S/C21H26N2O/c24-21(16-20-12-7-14-22-20)23(17-19-10-5-2-6-11-19)15-13-18-8-3-1-4-9-18/h1-6,8-11,20,22H,7,12-17H2. The zero-order valence-electron chi connectivity index (χ0n) is 14.2. The highest BCUT2D eigenvalue weighted by molar-refractivity contribution is 5.77. The van der Waals surface area contributed by atoms with E-state index in [1.807, 2.05) is 29.2 Å². The van der Waals surface area contributed by atoms with E-state index in [4.69, 9.17) is 0 Å². The van der Waals surface area contributed by atoms with Crippen LogP contribution >= 0.6 is 0 Å². The van der Waals surface area contributed by atoms with Crippen molar-refractivity contribution in [1.82, 2.24) is 10.2 Å². The fraction of sp³-hybridized carbons (Fsp3) is 0.381. The molecule has 1 aliphatic heterocycles. The van der Waals surface area contributed by atoms with Gasteiger partial charge in [-0.25, -0.2) is 0 Å². The van der Waals surface area contributed by atoms with Crippen LogP contribution in [0.15, 0.2) is 60.7 Å². The van der Waals surface area contributed by atoms with Gasteiger partial charge in [-0.1, -0.05) is 60.7 Å². The fourth-order valence-electron chi connectivity index (χ4n) is 3.28. The molecule has 1 fully saturated rings. The summed E-state index contributed by atoms with van der Waals surface area (Å²) < 4.78 is 0. The first kappa shape index (κ1) is 16.7. The van der Waals surface area contributed by atoms with E-state index in [-0.39, 0.29) is 5.91 Å². The first-order valence-corrected chi connectivity index (χ1v) is 8.90. The van der Waals surface area contributed by atoms with Crippen LogP contribution in [0.5, 0.6) is 0 Å². The zero-order chi connectivity index (χ0) is 16.6. The molecule has 24 heavy (non-hydrogen) atoms. The van der Waals surface area contributed by atoms with Crippen LogP contribution in [-0.4, -0.2) is 29.9 Å². The Hall–Kier alpha value is -2.13. The number of rotatable bonds is 7. The Kier molecular flexibility index (Phi) is 6.02. The van der Waals surface area contributed by atoms with Gasteiger partial charge in [-0.15, -0.1) is 0 Å². The molecule has 3 rings (SSSR count). The molecule has 0 saturated carbocycles. The maximum Gasteiger partial charge on any atom is 0.224 e. The van der Waals surface area contributed by atoms with Gasteiger partial charge in [-0.05, 0) is 36.9 Å². The van der Waals surface area contributed by atoms with E-state index in [0.717, 1.165) is 25.9 Å². The molecule has 0 aliphatic carbocycles. The summed E-state index contributed by atoms with van der Waals surface area (Å²) in [5.74, 6) is 0.259. The van der Waals surface area contributed by atoms with Crippen LogP contribution in [0.3, 0.4) is 0 Å². The van der Waals surface area contributed by atoms with E-state index >= 15 is 0 Å². The van der Waals surface area contributed by atoms with Gasteiger partial charge < -0.3 is 10.2 Å². The molecular weight excluding hydrogens is 296 g/mol. The lowest BCUT2D eigenvalue weighted by atomic mass is 10.1. The van der Waals surface area contributed by atoms with Gasteiger partial charge in [-0.3, -0.25) is 4.79 Å². The molecule has 0 radical (unpaired) electrons. The topological polar surface area (TPSA) is 32.3 Å². The SMILES string of the molecule is O=C(CC1CCCN1)N(CCc1ccccc1)Cc1ccccc1. The Morgan fingerprint density at radius 2 is 1.67 bits per heavy atom. The molecule has 0 aromatic heterocycles. The van der Waals surface area contributed by atoms with E-state index in [1.54, 1.807) is 0 Å². The van der Waals surface area contributed by atoms with Gasteiger partial charge in [0.05, 0.1) is 0 Å². The first-order chi connectivity index (χ1) is 11.8. The van der Waals surface area contributed by atoms with Gasteiger partial charge >= 0.3 is 0 Å². The third kappa shape index (κ3) is 4.93. The average Bonchev–Trinajstić information content (AvgIpc) is 3.13. The van der Waals surface area contributed by atoms with Crippen molar-refractivity contribution >= 4 is 5.91 Å². The van der Waals surface area contributed by atoms with E-state index in [9.17, 15) is 4.79 Å². The van der Waals surface area contributed by atoms with Gasteiger partial charge in [0.25, 0.3) is 0 Å². The Bertz CT molecular complexity index is 621. The van der Waals surface area contributed by atoms with Crippen LogP contribution in [0.1, 0.15) is 30.4 Å². The van der Waals surface area contributed by atoms with E-state index in [0.29, 0.717) is 19.0 Å². The molecule has 1 atom stereocenters. The normalized spacial score (nSPS) is 16.9. The summed E-state index contributed by atoms with van der Waals surface area (Å²) in [7, 11) is 0. The molecule has 3 nitrogen and oxygen atoms in total. The van der Waals surface area contributed by atoms with E-state index in [1.165, 1.54) is 17.5 Å². The summed E-state index contributed by atoms with van der Waals surface area (Å²) in [6.45, 7) is 2.50. The molecule has 1 heterocycles. The van der Waals surface area contributed by atoms with E-state index in [2.05, 4.69) is 41.7 Å². The number of nitrogens with zero attached hydrogens (tertiary/aromatic N) is 1. The monoisotopic (exact) mass is 322 g/mol. The third-order valence-electron chi connectivity index (χ3n) is 4.67. The van der Waals surface area contributed by atoms with Crippen LogP contribution in [0.2, 0.25) is 0 Å². The van der Waals surface area contributed by atoms with Crippen LogP contribution in [-0.2, 0) is 17.8 Å². The first-order valence-electron chi connectivity index (χ1n) is 8.90. The number of carbonyl (C=O) groups is 1. The van der Waals surface area contributed by atoms with Gasteiger partial charge in [0.15, 0.2) is 0 Å². The van der Waals surface area contributed by atoms with Crippen molar-refractivity contribution in [2.75, 3.05) is 13.1 Å². The van der Waals surface area contributed by atoms with Crippen molar-refractivity contribution in [2.24, 2.45) is 0 Å². The Morgan fingerprint density at radius 3 is 2.29 bits per heavy atom. The predicted octanol–water partition coefficient (Wildman–Crippen LogP) is 3.40. The summed E-state index contributed by atoms with van der Waals surface area (Å²) in [6, 6.07) is 21.0. The molecule has 1 unspecified atom stereocenters. The van der Waals surface area contributed by atoms with Crippen LogP contribution in [0.25, 0.3) is 0 Å². The van der Waals surface area contributed by atoms with Crippen molar-refractivity contribution < 1.29 is 4.79 Å². The van der Waals surface area contributed by atoms with Crippen LogP contribution < -0.4 is 5.32 Å². The lowest BCUT2D eigenvalue weighted by Gasteiger charge is -2.24. The number of hydrogen-bond donors (Lipinski definition) is 1. The zero-order valence-corrected chi connectivity index (χ0v) is 14.2. The van der Waals surface area contributed by atoms with Crippen LogP contribution in [0.4, 0.5) is 0 Å². The molecule has 2 aromatic rings. The maximum absolute atomic E-state index is 12.8. The van der Waals surface area contributed by atoms with Crippen LogP contribution in [0, 0.1) is 0 Å². The molecule has 0 bridgehead atoms. The number of nitrogens with one attached hydrogen (secondary N) is 1. The molecule has 1 amide bonds. The number of amides is 1. The molecule has 1 saturated heterocycles. The molecule has 1 aliphatic rings. The minimum absolute atomic E-state index is 0.259. The van der Waals surface area contributed by atoms with Crippen molar-refractivity contribution in [3.8, 4) is 0 Å². The average molecular weight is 322 g/mol. The lowest BCUT2D eigenvalue weighted by Crippen LogP contribution is -2.36. The Morgan fingerprint density at radius 1 is 1.00 bits per heavy atom. The van der Waals surface area contributed by atoms with Gasteiger partial charge in [0, 0.05) is 25.6 Å². The summed E-state index contributed by atoms with van der Waals surface area (Å²) >= 11 is 0. The Labute approximate surface area is 144 Å². The van der Waals surface area contributed by atoms with Crippen molar-refractivity contribution in [1.29, 1.82) is 0 Å². The number of benzene rings is 2. The minimum Gasteiger partial charge on any atom is -0.338 e. The predicted molar refractivity (Wildman–Crippen MR) is 97.6 cm³/mol. The van der Waals surface area contributed by atoms with Gasteiger partial charge in [0.1, 0.15) is 0 Å². The second-order valence-electron chi connectivity index (χ2n) is 6.53. The second kappa shape index (κ2) is 8.65. The Balaban J connectivity index is 1.63. The third-order valence-corrected chi connectivity index (χ3v) is 4.67. The molecule has 3 heteroatoms. The van der Waals surface area contributed by atoms with Crippen molar-refractivity contribution in [3.05, 3.63) is 71.8 Å². The molecule has 126 valence electrons. The second-order valence-corrected chi connectivity index (χ2v) is 6.53. The van der Waals surface area contributed by atoms with E-state index < -0.39 is 0 Å². The van der Waals surface area contributed by atoms with Gasteiger partial charge in [-0.2, -0.15) is 0 Å². The summed E-state index contributed by atoms with van der Waals surface area (Å²) in [6.07, 6.45) is 3.81. The van der Waals surface area contributed by atoms with Gasteiger partial charge in [0.2, 0.25) is 5.91 Å². The number of carbonyl (C=O) groups excluding carboxylic acids is 1. The summed E-state index contributed by atoms with van der Waals surface area (Å²) in [5, 5.41) is 3.43. The lowest BCUT2D eigenvalue weighted by molar-refractivity contribution is -0.132. The molecule has 1 N–H and O–H groups in total.